The number of carbonyl (C=O) groups is 2. The Hall–Kier alpha value is -2.72. The molecule has 0 saturated carbocycles. The molecule has 0 aliphatic heterocycles. The van der Waals surface area contributed by atoms with Gasteiger partial charge in [-0.05, 0) is 28.9 Å². The molecule has 0 aliphatic rings. The number of phenols is 1. The highest BCUT2D eigenvalue weighted by Gasteiger charge is 2.29. The molecule has 1 aromatic heterocycles. The molecule has 26 heavy (non-hydrogen) atoms. The van der Waals surface area contributed by atoms with Crippen LogP contribution in [0.5, 0.6) is 11.5 Å². The molecule has 2 aromatic rings. The minimum atomic E-state index is -1.67. The number of H-pyrrole nitrogens is 1. The number of rotatable bonds is 5. The van der Waals surface area contributed by atoms with Crippen LogP contribution in [0.15, 0.2) is 15.3 Å². The Balaban J connectivity index is 3.07. The zero-order valence-corrected chi connectivity index (χ0v) is 15.4. The Kier molecular flexibility index (Phi) is 5.47. The zero-order chi connectivity index (χ0) is 19.8. The van der Waals surface area contributed by atoms with E-state index in [1.807, 2.05) is 4.98 Å². The Morgan fingerprint density at radius 1 is 1.31 bits per heavy atom. The molecule has 0 fully saturated rings. The van der Waals surface area contributed by atoms with Gasteiger partial charge in [0.05, 0.1) is 6.61 Å². The number of carboxylic acid groups (broad SMARTS) is 2. The van der Waals surface area contributed by atoms with Gasteiger partial charge in [0.15, 0.2) is 11.5 Å². The Labute approximate surface area is 159 Å². The number of benzene rings is 1. The third-order valence-electron chi connectivity index (χ3n) is 3.39. The number of ether oxygens (including phenoxy) is 1. The monoisotopic (exact) mass is 446 g/mol. The van der Waals surface area contributed by atoms with Crippen LogP contribution in [0.3, 0.4) is 0 Å². The first-order valence-corrected chi connectivity index (χ1v) is 8.15. The Morgan fingerprint density at radius 3 is 2.38 bits per heavy atom. The first-order valence-electron chi connectivity index (χ1n) is 6.98. The predicted molar refractivity (Wildman–Crippen MR) is 96.4 cm³/mol. The molecular formula is C15H12BrClN2O7. The van der Waals surface area contributed by atoms with Crippen molar-refractivity contribution in [2.24, 2.45) is 0 Å². The Bertz CT molecular complexity index is 987. The lowest BCUT2D eigenvalue weighted by atomic mass is 9.95. The fourth-order valence-corrected chi connectivity index (χ4v) is 3.05. The molecule has 6 N–H and O–H groups in total. The lowest BCUT2D eigenvalue weighted by Gasteiger charge is -2.17. The summed E-state index contributed by atoms with van der Waals surface area (Å²) in [6.45, 7) is 1.77. The summed E-state index contributed by atoms with van der Waals surface area (Å²) in [4.78, 5) is 37.3. The number of aromatic carboxylic acids is 2. The van der Waals surface area contributed by atoms with Crippen LogP contribution >= 0.6 is 27.5 Å². The molecule has 1 heterocycles. The van der Waals surface area contributed by atoms with Crippen molar-refractivity contribution in [1.82, 2.24) is 4.98 Å². The number of hydrogen-bond acceptors (Lipinski definition) is 6. The minimum Gasteiger partial charge on any atom is -0.503 e. The third-order valence-corrected chi connectivity index (χ3v) is 4.81. The fraction of sp³-hybridized carbons (Fsp3) is 0.133. The van der Waals surface area contributed by atoms with Gasteiger partial charge in [-0.2, -0.15) is 0 Å². The third kappa shape index (κ3) is 3.20. The number of phenolic OH excluding ortho intramolecular Hbond substituents is 1. The predicted octanol–water partition coefficient (Wildman–Crippen LogP) is 2.54. The van der Waals surface area contributed by atoms with Gasteiger partial charge in [0.1, 0.15) is 22.0 Å². The first kappa shape index (κ1) is 19.6. The Morgan fingerprint density at radius 2 is 1.88 bits per heavy atom. The van der Waals surface area contributed by atoms with Crippen molar-refractivity contribution in [2.45, 2.75) is 6.92 Å². The van der Waals surface area contributed by atoms with Gasteiger partial charge in [-0.3, -0.25) is 4.79 Å². The van der Waals surface area contributed by atoms with E-state index in [0.717, 1.165) is 0 Å². The highest BCUT2D eigenvalue weighted by atomic mass is 79.9. The minimum absolute atomic E-state index is 0.0323. The van der Waals surface area contributed by atoms with Crippen LogP contribution in [0.2, 0.25) is 5.02 Å². The number of nitrogen functional groups attached to an aromatic ring is 1. The van der Waals surface area contributed by atoms with Crippen molar-refractivity contribution < 1.29 is 29.6 Å². The van der Waals surface area contributed by atoms with Crippen LogP contribution < -0.4 is 16.0 Å². The van der Waals surface area contributed by atoms with Gasteiger partial charge in [0, 0.05) is 15.6 Å². The van der Waals surface area contributed by atoms with E-state index in [0.29, 0.717) is 0 Å². The highest BCUT2D eigenvalue weighted by Crippen LogP contribution is 2.46. The second kappa shape index (κ2) is 7.26. The number of anilines is 1. The van der Waals surface area contributed by atoms with Crippen LogP contribution in [0.4, 0.5) is 5.82 Å². The molecule has 0 amide bonds. The number of pyridine rings is 1. The number of aromatic nitrogens is 1. The average molecular weight is 448 g/mol. The molecular weight excluding hydrogens is 436 g/mol. The fourth-order valence-electron chi connectivity index (χ4n) is 2.36. The van der Waals surface area contributed by atoms with Crippen molar-refractivity contribution >= 4 is 45.3 Å². The molecule has 9 nitrogen and oxygen atoms in total. The largest absolute Gasteiger partial charge is 0.503 e. The lowest BCUT2D eigenvalue weighted by molar-refractivity contribution is 0.0695. The number of aromatic amines is 1. The maximum Gasteiger partial charge on any atom is 0.342 e. The quantitative estimate of drug-likeness (QED) is 0.467. The summed E-state index contributed by atoms with van der Waals surface area (Å²) in [5.41, 5.74) is 2.45. The summed E-state index contributed by atoms with van der Waals surface area (Å²) in [6, 6.07) is 1.17. The van der Waals surface area contributed by atoms with Gasteiger partial charge in [0.25, 0.3) is 5.56 Å². The molecule has 0 atom stereocenters. The molecule has 0 bridgehead atoms. The summed E-state index contributed by atoms with van der Waals surface area (Å²) >= 11 is 9.11. The van der Waals surface area contributed by atoms with E-state index in [2.05, 4.69) is 15.9 Å². The maximum atomic E-state index is 12.1. The van der Waals surface area contributed by atoms with E-state index < -0.39 is 45.8 Å². The van der Waals surface area contributed by atoms with E-state index in [4.69, 9.17) is 22.1 Å². The number of aromatic hydroxyl groups is 1. The van der Waals surface area contributed by atoms with Crippen molar-refractivity contribution in [1.29, 1.82) is 0 Å². The standard InChI is InChI=1S/C15H12BrClN2O7/c1-2-26-5-3-4(9(16)10(17)11(5)20)6-7(14(22)23)12(18)19-13(21)8(6)15(24)25/h3,20H,2H2,1H3,(H,22,23)(H,24,25)(H3,18,19,21). The van der Waals surface area contributed by atoms with Crippen molar-refractivity contribution in [3.05, 3.63) is 37.0 Å². The summed E-state index contributed by atoms with van der Waals surface area (Å²) < 4.78 is 5.20. The van der Waals surface area contributed by atoms with E-state index in [1.165, 1.54) is 6.07 Å². The first-order chi connectivity index (χ1) is 12.1. The van der Waals surface area contributed by atoms with Gasteiger partial charge in [-0.25, -0.2) is 9.59 Å². The molecule has 138 valence electrons. The number of carboxylic acids is 2. The van der Waals surface area contributed by atoms with Gasteiger partial charge in [0.2, 0.25) is 0 Å². The molecule has 0 radical (unpaired) electrons. The molecule has 2 rings (SSSR count). The molecule has 0 saturated heterocycles. The topological polar surface area (TPSA) is 163 Å². The van der Waals surface area contributed by atoms with Crippen molar-refractivity contribution in [3.63, 3.8) is 0 Å². The van der Waals surface area contributed by atoms with Gasteiger partial charge < -0.3 is 30.8 Å². The summed E-state index contributed by atoms with van der Waals surface area (Å²) in [6.07, 6.45) is 0. The van der Waals surface area contributed by atoms with E-state index in [1.54, 1.807) is 6.92 Å². The molecule has 0 aliphatic carbocycles. The van der Waals surface area contributed by atoms with Crippen LogP contribution in [-0.2, 0) is 0 Å². The number of halogens is 2. The lowest BCUT2D eigenvalue weighted by Crippen LogP contribution is -2.24. The molecule has 0 spiro atoms. The van der Waals surface area contributed by atoms with Crippen LogP contribution in [-0.4, -0.2) is 38.8 Å². The van der Waals surface area contributed by atoms with E-state index in [9.17, 15) is 29.7 Å². The van der Waals surface area contributed by atoms with Gasteiger partial charge >= 0.3 is 11.9 Å². The summed E-state index contributed by atoms with van der Waals surface area (Å²) in [5.74, 6) is -4.32. The number of nitrogens with one attached hydrogen (secondary N) is 1. The summed E-state index contributed by atoms with van der Waals surface area (Å²) in [5, 5.41) is 28.7. The van der Waals surface area contributed by atoms with Crippen LogP contribution in [0, 0.1) is 0 Å². The van der Waals surface area contributed by atoms with Crippen LogP contribution in [0.25, 0.3) is 11.1 Å². The van der Waals surface area contributed by atoms with E-state index in [-0.39, 0.29) is 27.4 Å². The highest BCUT2D eigenvalue weighted by molar-refractivity contribution is 9.10. The summed E-state index contributed by atoms with van der Waals surface area (Å²) in [7, 11) is 0. The van der Waals surface area contributed by atoms with Crippen molar-refractivity contribution in [2.75, 3.05) is 12.3 Å². The maximum absolute atomic E-state index is 12.1. The second-order valence-corrected chi connectivity index (χ2v) is 6.11. The van der Waals surface area contributed by atoms with Gasteiger partial charge in [-0.15, -0.1) is 0 Å². The van der Waals surface area contributed by atoms with E-state index >= 15 is 0 Å². The number of hydrogen-bond donors (Lipinski definition) is 5. The molecule has 1 aromatic carbocycles. The average Bonchev–Trinajstić information content (AvgIpc) is 2.54. The zero-order valence-electron chi connectivity index (χ0n) is 13.1. The van der Waals surface area contributed by atoms with Crippen LogP contribution in [0.1, 0.15) is 27.6 Å². The second-order valence-electron chi connectivity index (χ2n) is 4.93. The smallest absolute Gasteiger partial charge is 0.342 e. The molecule has 0 unspecified atom stereocenters. The molecule has 11 heteroatoms. The normalized spacial score (nSPS) is 10.6. The van der Waals surface area contributed by atoms with Gasteiger partial charge in [-0.1, -0.05) is 11.6 Å². The SMILES string of the molecule is CCOc1cc(-c2c(C(=O)O)c(N)[nH]c(=O)c2C(=O)O)c(Br)c(Cl)c1O. The number of nitrogens with two attached hydrogens (primary N) is 1. The van der Waals surface area contributed by atoms with Crippen molar-refractivity contribution in [3.8, 4) is 22.6 Å².